The molecule has 2 heterocycles. The standard InChI is InChI=1S/C15H28N4/c1-11(2)19-10-14(8-17-19)15(7-16)18-9-12(3)5-6-13(18)4/h8,10-13,15H,5-7,9,16H2,1-4H3. The first-order valence-corrected chi connectivity index (χ1v) is 7.52. The Morgan fingerprint density at radius 1 is 1.37 bits per heavy atom. The summed E-state index contributed by atoms with van der Waals surface area (Å²) >= 11 is 0. The number of rotatable bonds is 4. The molecule has 3 unspecified atom stereocenters. The van der Waals surface area contributed by atoms with Gasteiger partial charge in [-0.1, -0.05) is 6.92 Å². The van der Waals surface area contributed by atoms with Crippen LogP contribution in [0.2, 0.25) is 0 Å². The first kappa shape index (κ1) is 14.5. The minimum absolute atomic E-state index is 0.310. The quantitative estimate of drug-likeness (QED) is 0.909. The molecule has 1 fully saturated rings. The van der Waals surface area contributed by atoms with Crippen LogP contribution in [0.15, 0.2) is 12.4 Å². The molecule has 0 radical (unpaired) electrons. The molecule has 108 valence electrons. The van der Waals surface area contributed by atoms with Gasteiger partial charge in [-0.3, -0.25) is 9.58 Å². The molecule has 1 aromatic rings. The van der Waals surface area contributed by atoms with Crippen molar-refractivity contribution in [2.75, 3.05) is 13.1 Å². The third-order valence-electron chi connectivity index (χ3n) is 4.32. The lowest BCUT2D eigenvalue weighted by atomic mass is 9.92. The minimum Gasteiger partial charge on any atom is -0.329 e. The van der Waals surface area contributed by atoms with Crippen LogP contribution in [0.25, 0.3) is 0 Å². The topological polar surface area (TPSA) is 47.1 Å². The molecule has 0 amide bonds. The maximum Gasteiger partial charge on any atom is 0.0538 e. The summed E-state index contributed by atoms with van der Waals surface area (Å²) in [4.78, 5) is 2.57. The van der Waals surface area contributed by atoms with E-state index in [1.165, 1.54) is 18.4 Å². The molecule has 3 atom stereocenters. The maximum absolute atomic E-state index is 6.05. The van der Waals surface area contributed by atoms with Gasteiger partial charge in [0.25, 0.3) is 0 Å². The van der Waals surface area contributed by atoms with Crippen LogP contribution in [0.1, 0.15) is 58.2 Å². The van der Waals surface area contributed by atoms with Crippen molar-refractivity contribution in [2.24, 2.45) is 11.7 Å². The smallest absolute Gasteiger partial charge is 0.0538 e. The summed E-state index contributed by atoms with van der Waals surface area (Å²) in [6.07, 6.45) is 6.76. The molecule has 1 aliphatic heterocycles. The molecule has 2 N–H and O–H groups in total. The lowest BCUT2D eigenvalue weighted by molar-refractivity contribution is 0.0798. The van der Waals surface area contributed by atoms with E-state index in [0.717, 1.165) is 12.5 Å². The van der Waals surface area contributed by atoms with Crippen LogP contribution in [0.5, 0.6) is 0 Å². The second kappa shape index (κ2) is 6.06. The van der Waals surface area contributed by atoms with Crippen LogP contribution in [-0.4, -0.2) is 33.8 Å². The van der Waals surface area contributed by atoms with Crippen LogP contribution >= 0.6 is 0 Å². The summed E-state index contributed by atoms with van der Waals surface area (Å²) in [7, 11) is 0. The highest BCUT2D eigenvalue weighted by Crippen LogP contribution is 2.30. The Labute approximate surface area is 117 Å². The van der Waals surface area contributed by atoms with Gasteiger partial charge in [-0.25, -0.2) is 0 Å². The summed E-state index contributed by atoms with van der Waals surface area (Å²) in [6.45, 7) is 10.8. The SMILES string of the molecule is CC1CCC(C)N(C(CN)c2cnn(C(C)C)c2)C1. The number of piperidine rings is 1. The zero-order chi connectivity index (χ0) is 14.0. The predicted octanol–water partition coefficient (Wildman–Crippen LogP) is 2.58. The average molecular weight is 264 g/mol. The molecule has 0 aliphatic carbocycles. The molecule has 1 aromatic heterocycles. The molecular formula is C15H28N4. The van der Waals surface area contributed by atoms with Gasteiger partial charge in [0.2, 0.25) is 0 Å². The van der Waals surface area contributed by atoms with E-state index in [9.17, 15) is 0 Å². The van der Waals surface area contributed by atoms with Crippen LogP contribution in [0.3, 0.4) is 0 Å². The molecule has 1 saturated heterocycles. The van der Waals surface area contributed by atoms with Gasteiger partial charge in [0.1, 0.15) is 0 Å². The predicted molar refractivity (Wildman–Crippen MR) is 79.0 cm³/mol. The lowest BCUT2D eigenvalue weighted by Crippen LogP contribution is -2.45. The fraction of sp³-hybridized carbons (Fsp3) is 0.800. The van der Waals surface area contributed by atoms with Crippen LogP contribution in [0.4, 0.5) is 0 Å². The van der Waals surface area contributed by atoms with Gasteiger partial charge in [0, 0.05) is 36.9 Å². The number of aromatic nitrogens is 2. The Morgan fingerprint density at radius 2 is 2.11 bits per heavy atom. The Kier molecular flexibility index (Phi) is 4.63. The third-order valence-corrected chi connectivity index (χ3v) is 4.32. The van der Waals surface area contributed by atoms with Crippen molar-refractivity contribution in [3.8, 4) is 0 Å². The number of likely N-dealkylation sites (tertiary alicyclic amines) is 1. The highest BCUT2D eigenvalue weighted by Gasteiger charge is 2.29. The molecule has 1 aliphatic rings. The second-order valence-corrected chi connectivity index (χ2v) is 6.33. The van der Waals surface area contributed by atoms with Gasteiger partial charge in [-0.15, -0.1) is 0 Å². The van der Waals surface area contributed by atoms with Crippen molar-refractivity contribution in [1.82, 2.24) is 14.7 Å². The summed E-state index contributed by atoms with van der Waals surface area (Å²) in [5.74, 6) is 0.769. The highest BCUT2D eigenvalue weighted by atomic mass is 15.3. The number of nitrogens with two attached hydrogens (primary N) is 1. The number of nitrogens with zero attached hydrogens (tertiary/aromatic N) is 3. The van der Waals surface area contributed by atoms with E-state index in [4.69, 9.17) is 5.73 Å². The van der Waals surface area contributed by atoms with Gasteiger partial charge < -0.3 is 5.73 Å². The summed E-state index contributed by atoms with van der Waals surface area (Å²) in [5, 5.41) is 4.46. The van der Waals surface area contributed by atoms with Gasteiger partial charge >= 0.3 is 0 Å². The van der Waals surface area contributed by atoms with Crippen molar-refractivity contribution in [3.63, 3.8) is 0 Å². The van der Waals surface area contributed by atoms with Gasteiger partial charge in [-0.2, -0.15) is 5.10 Å². The molecule has 4 heteroatoms. The van der Waals surface area contributed by atoms with Crippen molar-refractivity contribution < 1.29 is 0 Å². The Bertz CT molecular complexity index is 399. The molecule has 0 bridgehead atoms. The molecule has 0 aromatic carbocycles. The molecular weight excluding hydrogens is 236 g/mol. The van der Waals surface area contributed by atoms with E-state index in [-0.39, 0.29) is 0 Å². The molecule has 19 heavy (non-hydrogen) atoms. The summed E-state index contributed by atoms with van der Waals surface area (Å²) in [6, 6.07) is 1.34. The maximum atomic E-state index is 6.05. The Morgan fingerprint density at radius 3 is 2.68 bits per heavy atom. The highest BCUT2D eigenvalue weighted by molar-refractivity contribution is 5.12. The van der Waals surface area contributed by atoms with E-state index < -0.39 is 0 Å². The van der Waals surface area contributed by atoms with E-state index in [1.54, 1.807) is 0 Å². The van der Waals surface area contributed by atoms with Crippen molar-refractivity contribution >= 4 is 0 Å². The summed E-state index contributed by atoms with van der Waals surface area (Å²) < 4.78 is 2.02. The van der Waals surface area contributed by atoms with E-state index in [1.807, 2.05) is 10.9 Å². The minimum atomic E-state index is 0.310. The van der Waals surface area contributed by atoms with Crippen molar-refractivity contribution in [1.29, 1.82) is 0 Å². The van der Waals surface area contributed by atoms with Gasteiger partial charge in [0.05, 0.1) is 12.2 Å². The van der Waals surface area contributed by atoms with Gasteiger partial charge in [-0.05, 0) is 39.5 Å². The largest absolute Gasteiger partial charge is 0.329 e. The fourth-order valence-electron chi connectivity index (χ4n) is 3.03. The molecule has 0 saturated carbocycles. The second-order valence-electron chi connectivity index (χ2n) is 6.33. The van der Waals surface area contributed by atoms with E-state index in [0.29, 0.717) is 24.7 Å². The van der Waals surface area contributed by atoms with E-state index >= 15 is 0 Å². The van der Waals surface area contributed by atoms with Crippen LogP contribution in [-0.2, 0) is 0 Å². The number of hydrogen-bond acceptors (Lipinski definition) is 3. The molecule has 4 nitrogen and oxygen atoms in total. The van der Waals surface area contributed by atoms with Crippen LogP contribution < -0.4 is 5.73 Å². The third kappa shape index (κ3) is 3.18. The van der Waals surface area contributed by atoms with Crippen molar-refractivity contribution in [2.45, 2.75) is 58.7 Å². The molecule has 0 spiro atoms. The monoisotopic (exact) mass is 264 g/mol. The first-order chi connectivity index (χ1) is 9.02. The number of hydrogen-bond donors (Lipinski definition) is 1. The van der Waals surface area contributed by atoms with Crippen molar-refractivity contribution in [3.05, 3.63) is 18.0 Å². The molecule has 2 rings (SSSR count). The average Bonchev–Trinajstić information content (AvgIpc) is 2.84. The van der Waals surface area contributed by atoms with Gasteiger partial charge in [0.15, 0.2) is 0 Å². The van der Waals surface area contributed by atoms with Crippen LogP contribution in [0, 0.1) is 5.92 Å². The normalized spacial score (nSPS) is 26.8. The zero-order valence-electron chi connectivity index (χ0n) is 12.7. The Balaban J connectivity index is 2.17. The lowest BCUT2D eigenvalue weighted by Gasteiger charge is -2.41. The Hall–Kier alpha value is -0.870. The van der Waals surface area contributed by atoms with E-state index in [2.05, 4.69) is 43.9 Å². The zero-order valence-corrected chi connectivity index (χ0v) is 12.7. The fourth-order valence-corrected chi connectivity index (χ4v) is 3.03. The summed E-state index contributed by atoms with van der Waals surface area (Å²) in [5.41, 5.74) is 7.31. The first-order valence-electron chi connectivity index (χ1n) is 7.52.